The van der Waals surface area contributed by atoms with Crippen molar-refractivity contribution >= 4 is 27.6 Å². The van der Waals surface area contributed by atoms with E-state index in [2.05, 4.69) is 9.88 Å². The number of hydrogen-bond acceptors (Lipinski definition) is 5. The van der Waals surface area contributed by atoms with Gasteiger partial charge in [0.2, 0.25) is 5.91 Å². The third kappa shape index (κ3) is 4.22. The first-order chi connectivity index (χ1) is 16.5. The zero-order chi connectivity index (χ0) is 25.1. The maximum Gasteiger partial charge on any atom is 0.327 e. The van der Waals surface area contributed by atoms with E-state index in [1.54, 1.807) is 23.1 Å². The minimum absolute atomic E-state index is 0.0249. The van der Waals surface area contributed by atoms with Crippen molar-refractivity contribution in [3.05, 3.63) is 41.7 Å². The molecule has 8 nitrogen and oxygen atoms in total. The highest BCUT2D eigenvalue weighted by Gasteiger charge is 2.59. The third-order valence-corrected chi connectivity index (χ3v) is 8.72. The highest BCUT2D eigenvalue weighted by atomic mass is 32.2. The number of halogens is 3. The highest BCUT2D eigenvalue weighted by molar-refractivity contribution is 7.94. The van der Waals surface area contributed by atoms with Gasteiger partial charge < -0.3 is 4.90 Å². The van der Waals surface area contributed by atoms with Gasteiger partial charge in [-0.05, 0) is 18.2 Å². The van der Waals surface area contributed by atoms with Crippen LogP contribution in [0.5, 0.6) is 0 Å². The lowest BCUT2D eigenvalue weighted by Gasteiger charge is -2.34. The zero-order valence-corrected chi connectivity index (χ0v) is 20.2. The van der Waals surface area contributed by atoms with Crippen LogP contribution < -0.4 is 8.61 Å². The van der Waals surface area contributed by atoms with E-state index in [0.29, 0.717) is 38.3 Å². The Bertz CT molecular complexity index is 1280. The van der Waals surface area contributed by atoms with Crippen molar-refractivity contribution in [1.29, 1.82) is 0 Å². The zero-order valence-electron chi connectivity index (χ0n) is 19.4. The lowest BCUT2D eigenvalue weighted by molar-refractivity contribution is -0.130. The first-order valence-electron chi connectivity index (χ1n) is 11.4. The van der Waals surface area contributed by atoms with Crippen molar-refractivity contribution in [2.75, 3.05) is 48.4 Å². The molecule has 0 bridgehead atoms. The highest BCUT2D eigenvalue weighted by Crippen LogP contribution is 2.51. The number of aromatic nitrogens is 1. The van der Waals surface area contributed by atoms with Crippen molar-refractivity contribution in [2.45, 2.75) is 25.8 Å². The Morgan fingerprint density at radius 3 is 2.46 bits per heavy atom. The second kappa shape index (κ2) is 8.37. The van der Waals surface area contributed by atoms with Gasteiger partial charge in [0, 0.05) is 76.7 Å². The molecule has 2 aromatic rings. The Morgan fingerprint density at radius 2 is 1.83 bits per heavy atom. The van der Waals surface area contributed by atoms with E-state index >= 15 is 4.39 Å². The number of nitrogens with zero attached hydrogens (tertiary/aromatic N) is 5. The number of piperazine rings is 1. The molecule has 1 aromatic heterocycles. The lowest BCUT2D eigenvalue weighted by Crippen LogP contribution is -2.47. The summed E-state index contributed by atoms with van der Waals surface area (Å²) in [6, 6.07) is 7.99. The summed E-state index contributed by atoms with van der Waals surface area (Å²) in [5.74, 6) is -4.23. The Hall–Kier alpha value is -2.86. The predicted octanol–water partition coefficient (Wildman–Crippen LogP) is 2.71. The minimum atomic E-state index is -4.03. The maximum atomic E-state index is 15.5. The molecule has 3 aliphatic rings. The van der Waals surface area contributed by atoms with Crippen LogP contribution in [-0.4, -0.2) is 74.8 Å². The van der Waals surface area contributed by atoms with Crippen LogP contribution in [0, 0.1) is 11.7 Å². The fourth-order valence-electron chi connectivity index (χ4n) is 4.62. The van der Waals surface area contributed by atoms with Gasteiger partial charge >= 0.3 is 10.2 Å². The molecule has 1 aromatic carbocycles. The molecule has 0 N–H and O–H groups in total. The summed E-state index contributed by atoms with van der Waals surface area (Å²) in [7, 11) is -2.73. The molecule has 0 radical (unpaired) electrons. The molecule has 1 unspecified atom stereocenters. The topological polar surface area (TPSA) is 77.1 Å². The lowest BCUT2D eigenvalue weighted by atomic mass is 10.0. The fraction of sp³-hybridized carbons (Fsp3) is 0.478. The summed E-state index contributed by atoms with van der Waals surface area (Å²) < 4.78 is 70.0. The summed E-state index contributed by atoms with van der Waals surface area (Å²) >= 11 is 0. The van der Waals surface area contributed by atoms with Crippen LogP contribution in [0.15, 0.2) is 30.3 Å². The minimum Gasteiger partial charge on any atom is -0.340 e. The Labute approximate surface area is 202 Å². The third-order valence-electron chi connectivity index (χ3n) is 6.95. The van der Waals surface area contributed by atoms with Crippen molar-refractivity contribution in [3.8, 4) is 11.3 Å². The van der Waals surface area contributed by atoms with Crippen LogP contribution in [-0.2, 0) is 21.5 Å². The number of fused-ring (bicyclic) bond motifs is 1. The number of carbonyl (C=O) groups excluding carboxylic acids is 1. The molecule has 12 heteroatoms. The van der Waals surface area contributed by atoms with Gasteiger partial charge in [-0.2, -0.15) is 8.42 Å². The van der Waals surface area contributed by atoms with Crippen LogP contribution in [0.4, 0.5) is 24.7 Å². The van der Waals surface area contributed by atoms with E-state index in [1.165, 1.54) is 26.1 Å². The second-order valence-electron chi connectivity index (χ2n) is 9.27. The number of amides is 1. The van der Waals surface area contributed by atoms with Crippen LogP contribution in [0.2, 0.25) is 0 Å². The van der Waals surface area contributed by atoms with E-state index < -0.39 is 27.9 Å². The molecule has 5 rings (SSSR count). The van der Waals surface area contributed by atoms with Crippen molar-refractivity contribution in [1.82, 2.24) is 14.8 Å². The van der Waals surface area contributed by atoms with Crippen LogP contribution in [0.25, 0.3) is 11.3 Å². The Balaban J connectivity index is 1.39. The monoisotopic (exact) mass is 509 g/mol. The molecule has 1 amide bonds. The molecule has 1 saturated carbocycles. The van der Waals surface area contributed by atoms with Gasteiger partial charge in [0.1, 0.15) is 5.82 Å². The van der Waals surface area contributed by atoms with Crippen LogP contribution in [0.1, 0.15) is 18.9 Å². The SMILES string of the molecule is CC(=O)N1CCN(Cc2cccc(-c3ccc4c(n3)N(C)S(=O)(=O)N4CC3CC3(F)F)c2F)CC1. The average molecular weight is 510 g/mol. The molecule has 1 aliphatic carbocycles. The summed E-state index contributed by atoms with van der Waals surface area (Å²) in [4.78, 5) is 19.8. The fourth-order valence-corrected chi connectivity index (χ4v) is 6.03. The van der Waals surface area contributed by atoms with E-state index in [-0.39, 0.29) is 41.6 Å². The molecule has 0 spiro atoms. The Kier molecular flexibility index (Phi) is 5.71. The molecule has 35 heavy (non-hydrogen) atoms. The van der Waals surface area contributed by atoms with Crippen molar-refractivity contribution in [2.24, 2.45) is 5.92 Å². The first-order valence-corrected chi connectivity index (χ1v) is 12.8. The second-order valence-corrected chi connectivity index (χ2v) is 11.2. The summed E-state index contributed by atoms with van der Waals surface area (Å²) in [5, 5.41) is 0. The number of anilines is 2. The van der Waals surface area contributed by atoms with Crippen molar-refractivity contribution < 1.29 is 26.4 Å². The molecule has 2 fully saturated rings. The largest absolute Gasteiger partial charge is 0.340 e. The predicted molar refractivity (Wildman–Crippen MR) is 125 cm³/mol. The molecular weight excluding hydrogens is 483 g/mol. The molecule has 1 saturated heterocycles. The smallest absolute Gasteiger partial charge is 0.327 e. The number of benzene rings is 1. The van der Waals surface area contributed by atoms with Gasteiger partial charge in [-0.15, -0.1) is 0 Å². The molecule has 3 heterocycles. The summed E-state index contributed by atoms with van der Waals surface area (Å²) in [6.45, 7) is 4.03. The molecule has 1 atom stereocenters. The van der Waals surface area contributed by atoms with E-state index in [1.807, 2.05) is 0 Å². The average Bonchev–Trinajstić information content (AvgIpc) is 3.38. The molecule has 188 valence electrons. The van der Waals surface area contributed by atoms with Gasteiger partial charge in [0.05, 0.1) is 11.4 Å². The number of hydrogen-bond donors (Lipinski definition) is 0. The van der Waals surface area contributed by atoms with Crippen LogP contribution in [0.3, 0.4) is 0 Å². The number of rotatable bonds is 5. The van der Waals surface area contributed by atoms with E-state index in [0.717, 1.165) is 8.61 Å². The maximum absolute atomic E-state index is 15.5. The molecular formula is C23H26F3N5O3S. The quantitative estimate of drug-likeness (QED) is 0.620. The van der Waals surface area contributed by atoms with Gasteiger partial charge in [-0.3, -0.25) is 9.69 Å². The van der Waals surface area contributed by atoms with Crippen molar-refractivity contribution in [3.63, 3.8) is 0 Å². The number of carbonyl (C=O) groups is 1. The number of alkyl halides is 2. The van der Waals surface area contributed by atoms with Crippen LogP contribution >= 0.6 is 0 Å². The normalized spacial score (nSPS) is 22.9. The summed E-state index contributed by atoms with van der Waals surface area (Å²) in [5.41, 5.74) is 1.16. The van der Waals surface area contributed by atoms with Gasteiger partial charge in [0.25, 0.3) is 5.92 Å². The van der Waals surface area contributed by atoms with E-state index in [4.69, 9.17) is 0 Å². The first kappa shape index (κ1) is 23.9. The standard InChI is InChI=1S/C23H26F3N5O3S/c1-15(32)30-10-8-29(9-11-30)13-16-4-3-5-18(21(16)24)19-6-7-20-22(27-19)28(2)35(33,34)31(20)14-17-12-23(17,25)26/h3-7,17H,8-14H2,1-2H3. The molecule has 2 aliphatic heterocycles. The summed E-state index contributed by atoms with van der Waals surface area (Å²) in [6.07, 6.45) is -0.342. The van der Waals surface area contributed by atoms with E-state index in [9.17, 15) is 22.0 Å². The number of pyridine rings is 1. The van der Waals surface area contributed by atoms with Gasteiger partial charge in [0.15, 0.2) is 5.82 Å². The Morgan fingerprint density at radius 1 is 1.14 bits per heavy atom. The van der Waals surface area contributed by atoms with Gasteiger partial charge in [-0.25, -0.2) is 26.8 Å². The van der Waals surface area contributed by atoms with Gasteiger partial charge in [-0.1, -0.05) is 12.1 Å².